The van der Waals surface area contributed by atoms with Crippen LogP contribution in [0, 0.1) is 0 Å². The number of phosphoric acid groups is 1. The van der Waals surface area contributed by atoms with Crippen LogP contribution in [0.15, 0.2) is 0 Å². The van der Waals surface area contributed by atoms with E-state index in [4.69, 9.17) is 25.1 Å². The molecule has 0 aromatic rings. The number of hydrogen-bond donors (Lipinski definition) is 5. The van der Waals surface area contributed by atoms with Crippen molar-refractivity contribution < 1.29 is 39.0 Å². The van der Waals surface area contributed by atoms with E-state index in [0.29, 0.717) is 0 Å². The Labute approximate surface area is 85.4 Å². The Morgan fingerprint density at radius 3 is 2.13 bits per heavy atom. The van der Waals surface area contributed by atoms with E-state index in [-0.39, 0.29) is 0 Å². The molecular weight excluding hydrogens is 231 g/mol. The van der Waals surface area contributed by atoms with Crippen molar-refractivity contribution in [3.8, 4) is 0 Å². The van der Waals surface area contributed by atoms with Crippen LogP contribution in [0.1, 0.15) is 6.92 Å². The Balaban J connectivity index is 4.16. The number of carbonyl (C=O) groups is 1. The molecular formula is C6H13O8P. The summed E-state index contributed by atoms with van der Waals surface area (Å²) in [5.74, 6) is -0.780. The van der Waals surface area contributed by atoms with Gasteiger partial charge in [-0.05, 0) is 6.92 Å². The number of Topliss-reactive ketones (excluding diaryl/α,β-unsaturated/α-hetero) is 1. The molecule has 8 nitrogen and oxygen atoms in total. The lowest BCUT2D eigenvalue weighted by Crippen LogP contribution is -2.43. The molecule has 0 aromatic carbocycles. The van der Waals surface area contributed by atoms with E-state index in [1.807, 2.05) is 0 Å². The molecule has 0 amide bonds. The van der Waals surface area contributed by atoms with Gasteiger partial charge in [0.1, 0.15) is 18.3 Å². The van der Waals surface area contributed by atoms with Crippen LogP contribution < -0.4 is 0 Å². The van der Waals surface area contributed by atoms with Crippen LogP contribution >= 0.6 is 7.82 Å². The Kier molecular flexibility index (Phi) is 5.54. The molecule has 0 fully saturated rings. The lowest BCUT2D eigenvalue weighted by atomic mass is 10.1. The van der Waals surface area contributed by atoms with Gasteiger partial charge in [-0.15, -0.1) is 0 Å². The number of rotatable bonds is 6. The summed E-state index contributed by atoms with van der Waals surface area (Å²) in [5.41, 5.74) is 0. The zero-order chi connectivity index (χ0) is 12.2. The summed E-state index contributed by atoms with van der Waals surface area (Å²) in [6, 6.07) is 0. The van der Waals surface area contributed by atoms with Gasteiger partial charge in [-0.1, -0.05) is 0 Å². The molecule has 3 atom stereocenters. The van der Waals surface area contributed by atoms with E-state index >= 15 is 0 Å². The second-order valence-corrected chi connectivity index (χ2v) is 4.14. The van der Waals surface area contributed by atoms with Gasteiger partial charge in [0, 0.05) is 0 Å². The molecule has 0 saturated carbocycles. The number of aliphatic hydroxyl groups is 3. The molecule has 0 aliphatic carbocycles. The van der Waals surface area contributed by atoms with Crippen molar-refractivity contribution in [1.29, 1.82) is 0 Å². The normalized spacial score (nSPS) is 18.3. The fraction of sp³-hybridized carbons (Fsp3) is 0.833. The lowest BCUT2D eigenvalue weighted by molar-refractivity contribution is -0.137. The first-order valence-corrected chi connectivity index (χ1v) is 5.43. The van der Waals surface area contributed by atoms with Crippen LogP contribution in [-0.2, 0) is 13.9 Å². The third-order valence-electron chi connectivity index (χ3n) is 1.55. The Morgan fingerprint density at radius 1 is 1.33 bits per heavy atom. The summed E-state index contributed by atoms with van der Waals surface area (Å²) < 4.78 is 14.1. The van der Waals surface area contributed by atoms with Crippen LogP contribution in [0.4, 0.5) is 0 Å². The Morgan fingerprint density at radius 2 is 1.80 bits per heavy atom. The molecule has 0 heterocycles. The van der Waals surface area contributed by atoms with Gasteiger partial charge < -0.3 is 25.1 Å². The van der Waals surface area contributed by atoms with Crippen molar-refractivity contribution in [3.05, 3.63) is 0 Å². The van der Waals surface area contributed by atoms with Gasteiger partial charge >= 0.3 is 7.82 Å². The highest BCUT2D eigenvalue weighted by Gasteiger charge is 2.29. The summed E-state index contributed by atoms with van der Waals surface area (Å²) in [6.45, 7) is 0.0974. The maximum absolute atomic E-state index is 10.6. The highest BCUT2D eigenvalue weighted by molar-refractivity contribution is 7.46. The molecule has 0 aliphatic heterocycles. The van der Waals surface area contributed by atoms with E-state index in [0.717, 1.165) is 6.92 Å². The summed E-state index contributed by atoms with van der Waals surface area (Å²) >= 11 is 0. The molecule has 0 aromatic heterocycles. The minimum Gasteiger partial charge on any atom is -0.388 e. The second kappa shape index (κ2) is 5.66. The number of phosphoric ester groups is 1. The number of hydrogen-bond acceptors (Lipinski definition) is 6. The smallest absolute Gasteiger partial charge is 0.388 e. The number of carbonyl (C=O) groups excluding carboxylic acids is 1. The summed E-state index contributed by atoms with van der Waals surface area (Å²) in [6.07, 6.45) is -5.44. The average Bonchev–Trinajstić information content (AvgIpc) is 2.10. The maximum atomic E-state index is 10.6. The predicted octanol–water partition coefficient (Wildman–Crippen LogP) is -2.23. The maximum Gasteiger partial charge on any atom is 0.469 e. The van der Waals surface area contributed by atoms with Crippen LogP contribution in [0.2, 0.25) is 0 Å². The van der Waals surface area contributed by atoms with E-state index < -0.39 is 38.5 Å². The third kappa shape index (κ3) is 5.95. The van der Waals surface area contributed by atoms with E-state index in [1.54, 1.807) is 0 Å². The highest BCUT2D eigenvalue weighted by Crippen LogP contribution is 2.35. The van der Waals surface area contributed by atoms with Gasteiger partial charge in [0.05, 0.1) is 6.61 Å². The van der Waals surface area contributed by atoms with Gasteiger partial charge in [-0.2, -0.15) is 0 Å². The quantitative estimate of drug-likeness (QED) is 0.330. The van der Waals surface area contributed by atoms with Gasteiger partial charge in [0.15, 0.2) is 5.78 Å². The van der Waals surface area contributed by atoms with Gasteiger partial charge in [-0.25, -0.2) is 4.57 Å². The Hall–Kier alpha value is -0.340. The second-order valence-electron chi connectivity index (χ2n) is 2.90. The van der Waals surface area contributed by atoms with Crippen LogP contribution in [0.3, 0.4) is 0 Å². The van der Waals surface area contributed by atoms with Crippen molar-refractivity contribution in [2.24, 2.45) is 0 Å². The average molecular weight is 244 g/mol. The van der Waals surface area contributed by atoms with Crippen LogP contribution in [-0.4, -0.2) is 55.8 Å². The molecule has 5 N–H and O–H groups in total. The van der Waals surface area contributed by atoms with Crippen molar-refractivity contribution in [1.82, 2.24) is 0 Å². The van der Waals surface area contributed by atoms with Crippen molar-refractivity contribution in [2.45, 2.75) is 25.2 Å². The van der Waals surface area contributed by atoms with Crippen LogP contribution in [0.25, 0.3) is 0 Å². The minimum absolute atomic E-state index is 0.780. The van der Waals surface area contributed by atoms with E-state index in [2.05, 4.69) is 4.52 Å². The lowest BCUT2D eigenvalue weighted by Gasteiger charge is -2.20. The summed E-state index contributed by atoms with van der Waals surface area (Å²) in [5, 5.41) is 27.2. The molecule has 0 bridgehead atoms. The zero-order valence-corrected chi connectivity index (χ0v) is 8.74. The molecule has 9 heteroatoms. The molecule has 90 valence electrons. The van der Waals surface area contributed by atoms with Gasteiger partial charge in [-0.3, -0.25) is 9.32 Å². The van der Waals surface area contributed by atoms with E-state index in [9.17, 15) is 9.36 Å². The fourth-order valence-electron chi connectivity index (χ4n) is 0.723. The molecule has 0 rings (SSSR count). The molecule has 0 radical (unpaired) electrons. The van der Waals surface area contributed by atoms with Gasteiger partial charge in [0.25, 0.3) is 0 Å². The highest BCUT2D eigenvalue weighted by atomic mass is 31.2. The molecule has 0 spiro atoms. The minimum atomic E-state index is -4.75. The first kappa shape index (κ1) is 14.7. The standard InChI is InChI=1S/C6H13O8P/c1-3(7)5(9)6(10)4(8)2-14-15(11,12)13/h4-6,8-10H,2H2,1H3,(H2,11,12,13)/t4-,5-,6-/m1/s1. The predicted molar refractivity (Wildman–Crippen MR) is 46.7 cm³/mol. The summed E-state index contributed by atoms with van der Waals surface area (Å²) in [7, 11) is -4.75. The molecule has 15 heavy (non-hydrogen) atoms. The number of ketones is 1. The van der Waals surface area contributed by atoms with Crippen molar-refractivity contribution >= 4 is 13.6 Å². The molecule has 0 aliphatic rings. The third-order valence-corrected chi connectivity index (χ3v) is 2.03. The Bertz CT molecular complexity index is 260. The topological polar surface area (TPSA) is 145 Å². The number of aliphatic hydroxyl groups excluding tert-OH is 3. The van der Waals surface area contributed by atoms with Crippen LogP contribution in [0.5, 0.6) is 0 Å². The monoisotopic (exact) mass is 244 g/mol. The van der Waals surface area contributed by atoms with Gasteiger partial charge in [0.2, 0.25) is 0 Å². The molecule has 0 unspecified atom stereocenters. The van der Waals surface area contributed by atoms with Crippen molar-refractivity contribution in [2.75, 3.05) is 6.61 Å². The summed E-state index contributed by atoms with van der Waals surface area (Å²) in [4.78, 5) is 27.1. The largest absolute Gasteiger partial charge is 0.469 e. The SMILES string of the molecule is CC(=O)[C@@H](O)[C@H](O)[C@H](O)COP(=O)(O)O. The van der Waals surface area contributed by atoms with Crippen molar-refractivity contribution in [3.63, 3.8) is 0 Å². The first-order chi connectivity index (χ1) is 6.65. The first-order valence-electron chi connectivity index (χ1n) is 3.90. The zero-order valence-electron chi connectivity index (χ0n) is 7.85. The molecule has 0 saturated heterocycles. The van der Waals surface area contributed by atoms with E-state index in [1.165, 1.54) is 0 Å². The fourth-order valence-corrected chi connectivity index (χ4v) is 1.07.